The smallest absolute Gasteiger partial charge is 0.126 e. The van der Waals surface area contributed by atoms with E-state index in [-0.39, 0.29) is 5.84 Å². The SMILES string of the molecule is CSc1cccc(N(C)CCC(C)C)c1C(=N)N. The normalized spacial score (nSPS) is 10.7. The highest BCUT2D eigenvalue weighted by Gasteiger charge is 2.14. The summed E-state index contributed by atoms with van der Waals surface area (Å²) in [7, 11) is 2.06. The van der Waals surface area contributed by atoms with E-state index in [0.29, 0.717) is 5.92 Å². The van der Waals surface area contributed by atoms with E-state index in [1.165, 1.54) is 0 Å². The van der Waals surface area contributed by atoms with Crippen molar-refractivity contribution in [2.75, 3.05) is 24.7 Å². The van der Waals surface area contributed by atoms with Crippen LogP contribution in [0.2, 0.25) is 0 Å². The van der Waals surface area contributed by atoms with Crippen molar-refractivity contribution in [1.29, 1.82) is 5.41 Å². The van der Waals surface area contributed by atoms with Crippen molar-refractivity contribution in [3.63, 3.8) is 0 Å². The molecule has 18 heavy (non-hydrogen) atoms. The Hall–Kier alpha value is -1.16. The Morgan fingerprint density at radius 3 is 2.61 bits per heavy atom. The van der Waals surface area contributed by atoms with Crippen LogP contribution in [-0.2, 0) is 0 Å². The monoisotopic (exact) mass is 265 g/mol. The van der Waals surface area contributed by atoms with Gasteiger partial charge in [0, 0.05) is 24.2 Å². The minimum atomic E-state index is 0.145. The lowest BCUT2D eigenvalue weighted by molar-refractivity contribution is 0.585. The number of nitrogen functional groups attached to an aromatic ring is 1. The highest BCUT2D eigenvalue weighted by molar-refractivity contribution is 7.98. The fraction of sp³-hybridized carbons (Fsp3) is 0.500. The predicted octanol–water partition coefficient (Wildman–Crippen LogP) is 3.17. The van der Waals surface area contributed by atoms with Gasteiger partial charge < -0.3 is 10.6 Å². The Labute approximate surface area is 114 Å². The quantitative estimate of drug-likeness (QED) is 0.472. The van der Waals surface area contributed by atoms with Gasteiger partial charge in [0.2, 0.25) is 0 Å². The molecule has 1 aromatic carbocycles. The molecule has 0 bridgehead atoms. The summed E-state index contributed by atoms with van der Waals surface area (Å²) in [6, 6.07) is 6.08. The number of nitrogens with two attached hydrogens (primary N) is 1. The number of anilines is 1. The van der Waals surface area contributed by atoms with Crippen molar-refractivity contribution in [2.45, 2.75) is 25.2 Å². The van der Waals surface area contributed by atoms with Gasteiger partial charge in [-0.2, -0.15) is 0 Å². The highest BCUT2D eigenvalue weighted by Crippen LogP contribution is 2.29. The van der Waals surface area contributed by atoms with Gasteiger partial charge in [0.15, 0.2) is 0 Å². The summed E-state index contributed by atoms with van der Waals surface area (Å²) in [5.41, 5.74) is 7.64. The first kappa shape index (κ1) is 14.9. The average molecular weight is 265 g/mol. The van der Waals surface area contributed by atoms with Gasteiger partial charge in [-0.3, -0.25) is 5.41 Å². The fourth-order valence-corrected chi connectivity index (χ4v) is 2.48. The van der Waals surface area contributed by atoms with Gasteiger partial charge in [-0.15, -0.1) is 11.8 Å². The molecular weight excluding hydrogens is 242 g/mol. The van der Waals surface area contributed by atoms with Crippen LogP contribution in [0.1, 0.15) is 25.8 Å². The second kappa shape index (κ2) is 6.69. The van der Waals surface area contributed by atoms with Crippen LogP contribution in [0.5, 0.6) is 0 Å². The van der Waals surface area contributed by atoms with E-state index in [4.69, 9.17) is 11.1 Å². The molecule has 0 aliphatic rings. The Morgan fingerprint density at radius 2 is 2.11 bits per heavy atom. The maximum absolute atomic E-state index is 7.77. The maximum atomic E-state index is 7.77. The van der Waals surface area contributed by atoms with E-state index in [2.05, 4.69) is 25.8 Å². The Bertz CT molecular complexity index is 416. The molecule has 3 nitrogen and oxygen atoms in total. The third-order valence-electron chi connectivity index (χ3n) is 2.95. The minimum absolute atomic E-state index is 0.145. The second-order valence-electron chi connectivity index (χ2n) is 4.87. The summed E-state index contributed by atoms with van der Waals surface area (Å²) in [5, 5.41) is 7.77. The molecule has 0 amide bonds. The molecule has 0 atom stereocenters. The van der Waals surface area contributed by atoms with Crippen LogP contribution in [0.15, 0.2) is 23.1 Å². The molecule has 4 heteroatoms. The molecule has 0 saturated heterocycles. The number of thioether (sulfide) groups is 1. The van der Waals surface area contributed by atoms with Gasteiger partial charge in [0.1, 0.15) is 5.84 Å². The van der Waals surface area contributed by atoms with Crippen molar-refractivity contribution in [1.82, 2.24) is 0 Å². The van der Waals surface area contributed by atoms with Crippen molar-refractivity contribution in [3.8, 4) is 0 Å². The van der Waals surface area contributed by atoms with Gasteiger partial charge in [-0.05, 0) is 30.7 Å². The van der Waals surface area contributed by atoms with Crippen LogP contribution in [0.25, 0.3) is 0 Å². The van der Waals surface area contributed by atoms with Gasteiger partial charge in [0.05, 0.1) is 5.56 Å². The molecule has 100 valence electrons. The summed E-state index contributed by atoms with van der Waals surface area (Å²) < 4.78 is 0. The van der Waals surface area contributed by atoms with E-state index in [1.807, 2.05) is 24.5 Å². The first-order chi connectivity index (χ1) is 8.47. The average Bonchev–Trinajstić information content (AvgIpc) is 2.34. The first-order valence-corrected chi connectivity index (χ1v) is 7.42. The van der Waals surface area contributed by atoms with Crippen LogP contribution < -0.4 is 10.6 Å². The molecule has 0 saturated carbocycles. The van der Waals surface area contributed by atoms with Crippen molar-refractivity contribution >= 4 is 23.3 Å². The number of benzene rings is 1. The summed E-state index contributed by atoms with van der Waals surface area (Å²) in [6.07, 6.45) is 3.15. The molecule has 0 radical (unpaired) electrons. The Balaban J connectivity index is 3.03. The van der Waals surface area contributed by atoms with Crippen LogP contribution in [0.3, 0.4) is 0 Å². The van der Waals surface area contributed by atoms with Gasteiger partial charge in [-0.25, -0.2) is 0 Å². The first-order valence-electron chi connectivity index (χ1n) is 6.20. The third kappa shape index (κ3) is 3.67. The van der Waals surface area contributed by atoms with Gasteiger partial charge >= 0.3 is 0 Å². The molecule has 0 aromatic heterocycles. The lowest BCUT2D eigenvalue weighted by atomic mass is 10.1. The molecule has 0 unspecified atom stereocenters. The van der Waals surface area contributed by atoms with E-state index in [9.17, 15) is 0 Å². The molecule has 1 rings (SSSR count). The van der Waals surface area contributed by atoms with Crippen LogP contribution in [0.4, 0.5) is 5.69 Å². The zero-order valence-corrected chi connectivity index (χ0v) is 12.5. The minimum Gasteiger partial charge on any atom is -0.384 e. The Kier molecular flexibility index (Phi) is 5.54. The van der Waals surface area contributed by atoms with E-state index in [1.54, 1.807) is 11.8 Å². The van der Waals surface area contributed by atoms with Gasteiger partial charge in [-0.1, -0.05) is 19.9 Å². The molecule has 1 aromatic rings. The molecular formula is C14H23N3S. The zero-order valence-electron chi connectivity index (χ0n) is 11.7. The summed E-state index contributed by atoms with van der Waals surface area (Å²) >= 11 is 1.63. The molecule has 0 heterocycles. The molecule has 0 fully saturated rings. The number of nitrogens with zero attached hydrogens (tertiary/aromatic N) is 1. The maximum Gasteiger partial charge on any atom is 0.126 e. The summed E-state index contributed by atoms with van der Waals surface area (Å²) in [6.45, 7) is 5.42. The van der Waals surface area contributed by atoms with E-state index >= 15 is 0 Å². The standard InChI is InChI=1S/C14H23N3S/c1-10(2)8-9-17(3)11-6-5-7-12(18-4)13(11)14(15)16/h5-7,10H,8-9H2,1-4H3,(H3,15,16). The number of hydrogen-bond acceptors (Lipinski definition) is 3. The number of amidine groups is 1. The topological polar surface area (TPSA) is 53.1 Å². The lowest BCUT2D eigenvalue weighted by Crippen LogP contribution is -2.24. The number of hydrogen-bond donors (Lipinski definition) is 2. The van der Waals surface area contributed by atoms with E-state index in [0.717, 1.165) is 29.1 Å². The summed E-state index contributed by atoms with van der Waals surface area (Å²) in [4.78, 5) is 3.26. The highest BCUT2D eigenvalue weighted by atomic mass is 32.2. The van der Waals surface area contributed by atoms with Crippen molar-refractivity contribution in [3.05, 3.63) is 23.8 Å². The number of rotatable bonds is 6. The van der Waals surface area contributed by atoms with Crippen LogP contribution >= 0.6 is 11.8 Å². The second-order valence-corrected chi connectivity index (χ2v) is 5.72. The number of nitrogens with one attached hydrogen (secondary N) is 1. The third-order valence-corrected chi connectivity index (χ3v) is 3.73. The fourth-order valence-electron chi connectivity index (χ4n) is 1.85. The van der Waals surface area contributed by atoms with Crippen molar-refractivity contribution in [2.24, 2.45) is 11.7 Å². The van der Waals surface area contributed by atoms with Gasteiger partial charge in [0.25, 0.3) is 0 Å². The lowest BCUT2D eigenvalue weighted by Gasteiger charge is -2.24. The summed E-state index contributed by atoms with van der Waals surface area (Å²) in [5.74, 6) is 0.823. The molecule has 0 aliphatic carbocycles. The molecule has 3 N–H and O–H groups in total. The van der Waals surface area contributed by atoms with Crippen LogP contribution in [0, 0.1) is 11.3 Å². The predicted molar refractivity (Wildman–Crippen MR) is 82.0 cm³/mol. The Morgan fingerprint density at radius 1 is 1.44 bits per heavy atom. The molecule has 0 spiro atoms. The zero-order chi connectivity index (χ0) is 13.7. The molecule has 0 aliphatic heterocycles. The van der Waals surface area contributed by atoms with E-state index < -0.39 is 0 Å². The van der Waals surface area contributed by atoms with Crippen LogP contribution in [-0.4, -0.2) is 25.7 Å². The van der Waals surface area contributed by atoms with Crippen molar-refractivity contribution < 1.29 is 0 Å². The largest absolute Gasteiger partial charge is 0.384 e.